The highest BCUT2D eigenvalue weighted by Gasteiger charge is 2.30. The van der Waals surface area contributed by atoms with Crippen molar-refractivity contribution in [2.24, 2.45) is 0 Å². The van der Waals surface area contributed by atoms with Crippen molar-refractivity contribution in [3.63, 3.8) is 0 Å². The summed E-state index contributed by atoms with van der Waals surface area (Å²) in [6.07, 6.45) is -3.92. The Labute approximate surface area is 149 Å². The van der Waals surface area contributed by atoms with Crippen molar-refractivity contribution in [2.45, 2.75) is 25.4 Å². The van der Waals surface area contributed by atoms with Gasteiger partial charge in [0.25, 0.3) is 5.91 Å². The van der Waals surface area contributed by atoms with E-state index in [-0.39, 0.29) is 5.69 Å². The molecule has 2 aromatic carbocycles. The van der Waals surface area contributed by atoms with Gasteiger partial charge in [-0.25, -0.2) is 0 Å². The van der Waals surface area contributed by atoms with Crippen LogP contribution < -0.4 is 5.32 Å². The molecule has 0 radical (unpaired) electrons. The Balaban J connectivity index is 1.89. The molecule has 2 aromatic rings. The van der Waals surface area contributed by atoms with Crippen LogP contribution in [0.4, 0.5) is 18.9 Å². The second-order valence-corrected chi connectivity index (χ2v) is 5.60. The molecule has 1 amide bonds. The molecule has 0 saturated carbocycles. The van der Waals surface area contributed by atoms with E-state index in [1.807, 2.05) is 25.1 Å². The van der Waals surface area contributed by atoms with Gasteiger partial charge in [0.05, 0.1) is 11.5 Å². The summed E-state index contributed by atoms with van der Waals surface area (Å²) < 4.78 is 42.5. The summed E-state index contributed by atoms with van der Waals surface area (Å²) in [6.45, 7) is 1.32. The molecule has 0 aliphatic heterocycles. The summed E-state index contributed by atoms with van der Waals surface area (Å²) in [5, 5.41) is 2.39. The lowest BCUT2D eigenvalue weighted by Gasteiger charge is -2.14. The topological polar surface area (TPSA) is 55.4 Å². The molecule has 0 aliphatic rings. The number of hydrogen-bond donors (Lipinski definition) is 1. The number of anilines is 1. The highest BCUT2D eigenvalue weighted by molar-refractivity contribution is 5.93. The predicted octanol–water partition coefficient (Wildman–Crippen LogP) is 4.38. The number of benzene rings is 2. The number of carbonyl (C=O) groups is 2. The number of carbonyl (C=O) groups excluding carboxylic acids is 2. The number of hydrogen-bond acceptors (Lipinski definition) is 3. The monoisotopic (exact) mass is 365 g/mol. The zero-order chi connectivity index (χ0) is 19.2. The lowest BCUT2D eigenvalue weighted by molar-refractivity contribution is -0.149. The highest BCUT2D eigenvalue weighted by atomic mass is 19.4. The molecule has 1 unspecified atom stereocenters. The van der Waals surface area contributed by atoms with Crippen LogP contribution in [0.5, 0.6) is 0 Å². The predicted molar refractivity (Wildman–Crippen MR) is 90.5 cm³/mol. The Morgan fingerprint density at radius 3 is 2.19 bits per heavy atom. The molecule has 1 atom stereocenters. The van der Waals surface area contributed by atoms with Crippen molar-refractivity contribution >= 4 is 17.6 Å². The molecule has 1 N–H and O–H groups in total. The molecule has 2 rings (SSSR count). The first-order chi connectivity index (χ1) is 12.3. The molecule has 0 spiro atoms. The van der Waals surface area contributed by atoms with Crippen LogP contribution in [0.25, 0.3) is 0 Å². The van der Waals surface area contributed by atoms with E-state index in [9.17, 15) is 22.8 Å². The summed E-state index contributed by atoms with van der Waals surface area (Å²) in [7, 11) is 0. The van der Waals surface area contributed by atoms with E-state index in [0.717, 1.165) is 29.8 Å². The smallest absolute Gasteiger partial charge is 0.416 e. The van der Waals surface area contributed by atoms with Gasteiger partial charge in [-0.05, 0) is 36.2 Å². The number of rotatable bonds is 6. The second-order valence-electron chi connectivity index (χ2n) is 5.60. The maximum absolute atomic E-state index is 12.5. The van der Waals surface area contributed by atoms with Gasteiger partial charge in [-0.15, -0.1) is 0 Å². The van der Waals surface area contributed by atoms with Gasteiger partial charge in [0.1, 0.15) is 0 Å². The second kappa shape index (κ2) is 8.51. The van der Waals surface area contributed by atoms with Crippen LogP contribution in [0.3, 0.4) is 0 Å². The molecular weight excluding hydrogens is 347 g/mol. The van der Waals surface area contributed by atoms with Crippen LogP contribution >= 0.6 is 0 Å². The number of amides is 1. The molecular formula is C19H18F3NO3. The minimum Gasteiger partial charge on any atom is -0.455 e. The Hall–Kier alpha value is -2.83. The van der Waals surface area contributed by atoms with Crippen molar-refractivity contribution in [3.8, 4) is 0 Å². The maximum Gasteiger partial charge on any atom is 0.416 e. The van der Waals surface area contributed by atoms with Gasteiger partial charge >= 0.3 is 12.1 Å². The standard InChI is InChI=1S/C19H18F3NO3/c1-2-16(13-6-4-3-5-7-13)18(25)26-12-17(24)23-15-10-8-14(9-11-15)19(20,21)22/h3-11,16H,2,12H2,1H3,(H,23,24). The fraction of sp³-hybridized carbons (Fsp3) is 0.263. The highest BCUT2D eigenvalue weighted by Crippen LogP contribution is 2.29. The molecule has 0 aliphatic carbocycles. The number of halogens is 3. The summed E-state index contributed by atoms with van der Waals surface area (Å²) in [6, 6.07) is 13.1. The van der Waals surface area contributed by atoms with Crippen molar-refractivity contribution < 1.29 is 27.5 Å². The average Bonchev–Trinajstić information content (AvgIpc) is 2.61. The largest absolute Gasteiger partial charge is 0.455 e. The fourth-order valence-electron chi connectivity index (χ4n) is 2.40. The molecule has 7 heteroatoms. The molecule has 138 valence electrons. The Kier molecular flexibility index (Phi) is 6.38. The van der Waals surface area contributed by atoms with E-state index < -0.39 is 36.1 Å². The minimum absolute atomic E-state index is 0.189. The summed E-state index contributed by atoms with van der Waals surface area (Å²) in [5.41, 5.74) is 0.174. The van der Waals surface area contributed by atoms with E-state index in [1.165, 1.54) is 0 Å². The Morgan fingerprint density at radius 2 is 1.65 bits per heavy atom. The van der Waals surface area contributed by atoms with Crippen LogP contribution in [0, 0.1) is 0 Å². The third kappa shape index (κ3) is 5.34. The molecule has 0 bridgehead atoms. The molecule has 0 aromatic heterocycles. The number of ether oxygens (including phenoxy) is 1. The minimum atomic E-state index is -4.44. The summed E-state index contributed by atoms with van der Waals surface area (Å²) in [5.74, 6) is -1.63. The van der Waals surface area contributed by atoms with Crippen molar-refractivity contribution in [1.82, 2.24) is 0 Å². The van der Waals surface area contributed by atoms with Crippen LogP contribution in [0.2, 0.25) is 0 Å². The molecule has 0 fully saturated rings. The van der Waals surface area contributed by atoms with Crippen molar-refractivity contribution in [3.05, 3.63) is 65.7 Å². The number of alkyl halides is 3. The van der Waals surface area contributed by atoms with Crippen molar-refractivity contribution in [2.75, 3.05) is 11.9 Å². The molecule has 4 nitrogen and oxygen atoms in total. The first-order valence-corrected chi connectivity index (χ1v) is 8.00. The normalized spacial score (nSPS) is 12.3. The average molecular weight is 365 g/mol. The fourth-order valence-corrected chi connectivity index (χ4v) is 2.40. The van der Waals surface area contributed by atoms with E-state index in [4.69, 9.17) is 4.74 Å². The lowest BCUT2D eigenvalue weighted by Crippen LogP contribution is -2.24. The SMILES string of the molecule is CCC(C(=O)OCC(=O)Nc1ccc(C(F)(F)F)cc1)c1ccccc1. The number of nitrogens with one attached hydrogen (secondary N) is 1. The van der Waals surface area contributed by atoms with Crippen LogP contribution in [-0.2, 0) is 20.5 Å². The van der Waals surface area contributed by atoms with Crippen LogP contribution in [0.15, 0.2) is 54.6 Å². The van der Waals surface area contributed by atoms with Crippen LogP contribution in [-0.4, -0.2) is 18.5 Å². The van der Waals surface area contributed by atoms with E-state index in [0.29, 0.717) is 6.42 Å². The third-order valence-electron chi connectivity index (χ3n) is 3.74. The van der Waals surface area contributed by atoms with E-state index in [1.54, 1.807) is 12.1 Å². The first kappa shape index (κ1) is 19.5. The van der Waals surface area contributed by atoms with Gasteiger partial charge in [0, 0.05) is 5.69 Å². The van der Waals surface area contributed by atoms with Gasteiger partial charge in [-0.2, -0.15) is 13.2 Å². The lowest BCUT2D eigenvalue weighted by atomic mass is 9.97. The maximum atomic E-state index is 12.5. The van der Waals surface area contributed by atoms with E-state index >= 15 is 0 Å². The summed E-state index contributed by atoms with van der Waals surface area (Å²) in [4.78, 5) is 24.0. The van der Waals surface area contributed by atoms with Gasteiger partial charge < -0.3 is 10.1 Å². The van der Waals surface area contributed by atoms with Crippen molar-refractivity contribution in [1.29, 1.82) is 0 Å². The summed E-state index contributed by atoms with van der Waals surface area (Å²) >= 11 is 0. The van der Waals surface area contributed by atoms with Gasteiger partial charge in [-0.3, -0.25) is 9.59 Å². The number of esters is 1. The van der Waals surface area contributed by atoms with E-state index in [2.05, 4.69) is 5.32 Å². The first-order valence-electron chi connectivity index (χ1n) is 8.00. The molecule has 0 heterocycles. The zero-order valence-electron chi connectivity index (χ0n) is 14.0. The third-order valence-corrected chi connectivity index (χ3v) is 3.74. The molecule has 0 saturated heterocycles. The van der Waals surface area contributed by atoms with Gasteiger partial charge in [-0.1, -0.05) is 37.3 Å². The molecule has 26 heavy (non-hydrogen) atoms. The Bertz CT molecular complexity index is 743. The zero-order valence-corrected chi connectivity index (χ0v) is 14.0. The quantitative estimate of drug-likeness (QED) is 0.773. The Morgan fingerprint density at radius 1 is 1.04 bits per heavy atom. The van der Waals surface area contributed by atoms with Gasteiger partial charge in [0.2, 0.25) is 0 Å². The van der Waals surface area contributed by atoms with Crippen LogP contribution in [0.1, 0.15) is 30.4 Å². The van der Waals surface area contributed by atoms with Gasteiger partial charge in [0.15, 0.2) is 6.61 Å².